The van der Waals surface area contributed by atoms with Gasteiger partial charge in [-0.05, 0) is 18.2 Å². The fourth-order valence-corrected chi connectivity index (χ4v) is 2.17. The van der Waals surface area contributed by atoms with Crippen LogP contribution in [0, 0.1) is 5.82 Å². The number of rotatable bonds is 2. The molecule has 0 aliphatic rings. The third-order valence-corrected chi connectivity index (χ3v) is 3.34. The Morgan fingerprint density at radius 2 is 2.13 bits per heavy atom. The van der Waals surface area contributed by atoms with Crippen LogP contribution in [0.2, 0.25) is 5.02 Å². The van der Waals surface area contributed by atoms with Gasteiger partial charge in [-0.15, -0.1) is 21.8 Å². The van der Waals surface area contributed by atoms with Crippen LogP contribution < -0.4 is 0 Å². The van der Waals surface area contributed by atoms with Crippen molar-refractivity contribution in [3.8, 4) is 10.6 Å². The Labute approximate surface area is 99.7 Å². The first-order chi connectivity index (χ1) is 7.20. The summed E-state index contributed by atoms with van der Waals surface area (Å²) >= 11 is 12.6. The topological polar surface area (TPSA) is 25.8 Å². The summed E-state index contributed by atoms with van der Waals surface area (Å²) in [5.41, 5.74) is 0.358. The average molecular weight is 263 g/mol. The summed E-state index contributed by atoms with van der Waals surface area (Å²) in [6.07, 6.45) is 0. The Morgan fingerprint density at radius 1 is 1.33 bits per heavy atom. The fraction of sp³-hybridized carbons (Fsp3) is 0.111. The van der Waals surface area contributed by atoms with Gasteiger partial charge in [0.2, 0.25) is 0 Å². The van der Waals surface area contributed by atoms with Crippen molar-refractivity contribution in [2.24, 2.45) is 0 Å². The monoisotopic (exact) mass is 262 g/mol. The zero-order chi connectivity index (χ0) is 10.8. The molecule has 0 saturated heterocycles. The molecule has 1 aromatic heterocycles. The predicted molar refractivity (Wildman–Crippen MR) is 59.9 cm³/mol. The molecule has 1 heterocycles. The van der Waals surface area contributed by atoms with E-state index in [1.54, 1.807) is 0 Å². The summed E-state index contributed by atoms with van der Waals surface area (Å²) in [5, 5.41) is 9.27. The van der Waals surface area contributed by atoms with E-state index in [-0.39, 0.29) is 11.7 Å². The SMILES string of the molecule is Fc1ccc(Cl)cc1-c1nnc(CCl)s1. The van der Waals surface area contributed by atoms with Gasteiger partial charge in [-0.2, -0.15) is 0 Å². The number of aromatic nitrogens is 2. The second-order valence-electron chi connectivity index (χ2n) is 2.76. The van der Waals surface area contributed by atoms with E-state index in [4.69, 9.17) is 23.2 Å². The van der Waals surface area contributed by atoms with E-state index < -0.39 is 0 Å². The first-order valence-corrected chi connectivity index (χ1v) is 5.77. The largest absolute Gasteiger partial charge is 0.206 e. The Morgan fingerprint density at radius 3 is 2.80 bits per heavy atom. The van der Waals surface area contributed by atoms with Gasteiger partial charge in [0.15, 0.2) is 5.01 Å². The molecule has 0 radical (unpaired) electrons. The maximum Gasteiger partial charge on any atom is 0.150 e. The van der Waals surface area contributed by atoms with Crippen LogP contribution in [0.3, 0.4) is 0 Å². The molecular weight excluding hydrogens is 258 g/mol. The normalized spacial score (nSPS) is 10.6. The van der Waals surface area contributed by atoms with Crippen LogP contribution in [0.25, 0.3) is 10.6 Å². The Bertz CT molecular complexity index is 487. The third-order valence-electron chi connectivity index (χ3n) is 1.74. The minimum Gasteiger partial charge on any atom is -0.206 e. The molecule has 0 aliphatic heterocycles. The number of alkyl halides is 1. The van der Waals surface area contributed by atoms with Gasteiger partial charge in [-0.3, -0.25) is 0 Å². The van der Waals surface area contributed by atoms with Crippen LogP contribution >= 0.6 is 34.5 Å². The molecule has 0 saturated carbocycles. The first kappa shape index (κ1) is 10.8. The van der Waals surface area contributed by atoms with Crippen molar-refractivity contribution in [1.29, 1.82) is 0 Å². The number of halogens is 3. The fourth-order valence-electron chi connectivity index (χ4n) is 1.08. The van der Waals surface area contributed by atoms with Gasteiger partial charge in [0.1, 0.15) is 10.8 Å². The van der Waals surface area contributed by atoms with Crippen LogP contribution in [0.1, 0.15) is 5.01 Å². The lowest BCUT2D eigenvalue weighted by molar-refractivity contribution is 0.631. The molecule has 0 atom stereocenters. The van der Waals surface area contributed by atoms with E-state index in [1.807, 2.05) is 0 Å². The molecule has 6 heteroatoms. The second-order valence-corrected chi connectivity index (χ2v) is 4.52. The van der Waals surface area contributed by atoms with Gasteiger partial charge in [0, 0.05) is 10.6 Å². The summed E-state index contributed by atoms with van der Waals surface area (Å²) < 4.78 is 13.4. The number of hydrogen-bond donors (Lipinski definition) is 0. The Kier molecular flexibility index (Phi) is 3.19. The highest BCUT2D eigenvalue weighted by atomic mass is 35.5. The van der Waals surface area contributed by atoms with Gasteiger partial charge in [0.05, 0.1) is 5.88 Å². The van der Waals surface area contributed by atoms with Crippen molar-refractivity contribution in [2.45, 2.75) is 5.88 Å². The number of nitrogens with zero attached hydrogens (tertiary/aromatic N) is 2. The number of benzene rings is 1. The Balaban J connectivity index is 2.48. The lowest BCUT2D eigenvalue weighted by Gasteiger charge is -1.97. The van der Waals surface area contributed by atoms with Crippen LogP contribution in [0.5, 0.6) is 0 Å². The molecule has 15 heavy (non-hydrogen) atoms. The standard InChI is InChI=1S/C9H5Cl2FN2S/c10-4-8-13-14-9(15-8)6-3-5(11)1-2-7(6)12/h1-3H,4H2. The predicted octanol–water partition coefficient (Wildman–Crippen LogP) is 3.74. The highest BCUT2D eigenvalue weighted by Gasteiger charge is 2.11. The zero-order valence-corrected chi connectivity index (χ0v) is 9.70. The molecule has 2 rings (SSSR count). The second kappa shape index (κ2) is 4.43. The Hall–Kier alpha value is -0.710. The minimum absolute atomic E-state index is 0.278. The maximum absolute atomic E-state index is 13.4. The van der Waals surface area contributed by atoms with Crippen molar-refractivity contribution in [1.82, 2.24) is 10.2 Å². The minimum atomic E-state index is -0.364. The molecule has 0 unspecified atom stereocenters. The highest BCUT2D eigenvalue weighted by molar-refractivity contribution is 7.14. The summed E-state index contributed by atoms with van der Waals surface area (Å²) in [5.74, 6) is -0.0866. The molecule has 0 aliphatic carbocycles. The molecule has 78 valence electrons. The molecule has 0 fully saturated rings. The molecular formula is C9H5Cl2FN2S. The van der Waals surface area contributed by atoms with Crippen molar-refractivity contribution in [2.75, 3.05) is 0 Å². The van der Waals surface area contributed by atoms with Crippen molar-refractivity contribution >= 4 is 34.5 Å². The quantitative estimate of drug-likeness (QED) is 0.771. The number of hydrogen-bond acceptors (Lipinski definition) is 3. The molecule has 1 aromatic carbocycles. The van der Waals surface area contributed by atoms with E-state index in [0.29, 0.717) is 20.6 Å². The van der Waals surface area contributed by atoms with Crippen molar-refractivity contribution in [3.63, 3.8) is 0 Å². The molecule has 2 aromatic rings. The summed E-state index contributed by atoms with van der Waals surface area (Å²) in [7, 11) is 0. The van der Waals surface area contributed by atoms with Crippen LogP contribution in [0.15, 0.2) is 18.2 Å². The van der Waals surface area contributed by atoms with Crippen LogP contribution in [-0.4, -0.2) is 10.2 Å². The van der Waals surface area contributed by atoms with E-state index in [2.05, 4.69) is 10.2 Å². The maximum atomic E-state index is 13.4. The van der Waals surface area contributed by atoms with E-state index >= 15 is 0 Å². The highest BCUT2D eigenvalue weighted by Crippen LogP contribution is 2.28. The van der Waals surface area contributed by atoms with Gasteiger partial charge >= 0.3 is 0 Å². The molecule has 0 spiro atoms. The molecule has 0 bridgehead atoms. The van der Waals surface area contributed by atoms with E-state index in [1.165, 1.54) is 29.5 Å². The molecule has 0 N–H and O–H groups in total. The van der Waals surface area contributed by atoms with Gasteiger partial charge < -0.3 is 0 Å². The lowest BCUT2D eigenvalue weighted by Crippen LogP contribution is -1.83. The van der Waals surface area contributed by atoms with E-state index in [0.717, 1.165) is 0 Å². The lowest BCUT2D eigenvalue weighted by atomic mass is 10.2. The smallest absolute Gasteiger partial charge is 0.150 e. The van der Waals surface area contributed by atoms with Crippen LogP contribution in [-0.2, 0) is 5.88 Å². The van der Waals surface area contributed by atoms with Crippen molar-refractivity contribution < 1.29 is 4.39 Å². The summed E-state index contributed by atoms with van der Waals surface area (Å²) in [6, 6.07) is 4.32. The molecule has 0 amide bonds. The summed E-state index contributed by atoms with van der Waals surface area (Å²) in [6.45, 7) is 0. The molecule has 2 nitrogen and oxygen atoms in total. The van der Waals surface area contributed by atoms with Crippen molar-refractivity contribution in [3.05, 3.63) is 34.0 Å². The van der Waals surface area contributed by atoms with Gasteiger partial charge in [-0.1, -0.05) is 22.9 Å². The first-order valence-electron chi connectivity index (χ1n) is 4.04. The summed E-state index contributed by atoms with van der Waals surface area (Å²) in [4.78, 5) is 0. The van der Waals surface area contributed by atoms with Gasteiger partial charge in [-0.25, -0.2) is 4.39 Å². The third kappa shape index (κ3) is 2.27. The average Bonchev–Trinajstić information content (AvgIpc) is 2.70. The van der Waals surface area contributed by atoms with Crippen LogP contribution in [0.4, 0.5) is 4.39 Å². The van der Waals surface area contributed by atoms with E-state index in [9.17, 15) is 4.39 Å². The van der Waals surface area contributed by atoms with Gasteiger partial charge in [0.25, 0.3) is 0 Å². The zero-order valence-electron chi connectivity index (χ0n) is 7.38.